The van der Waals surface area contributed by atoms with Crippen molar-refractivity contribution in [1.29, 1.82) is 0 Å². The number of hydrogen-bond acceptors (Lipinski definition) is 3. The van der Waals surface area contributed by atoms with Crippen LogP contribution in [0.5, 0.6) is 0 Å². The number of aliphatic hydroxyl groups excluding tert-OH is 1. The minimum atomic E-state index is -1.27. The molecule has 3 nitrogen and oxygen atoms in total. The van der Waals surface area contributed by atoms with E-state index in [1.807, 2.05) is 0 Å². The second-order valence-corrected chi connectivity index (χ2v) is 5.23. The lowest BCUT2D eigenvalue weighted by Gasteiger charge is -2.19. The average molecular weight is 325 g/mol. The molecule has 0 aliphatic heterocycles. The summed E-state index contributed by atoms with van der Waals surface area (Å²) in [7, 11) is 0. The fraction of sp³-hybridized carbons (Fsp3) is 0.0556. The van der Waals surface area contributed by atoms with Crippen LogP contribution in [0.3, 0.4) is 0 Å². The van der Waals surface area contributed by atoms with Crippen molar-refractivity contribution >= 4 is 17.8 Å². The Hall–Kier alpha value is -2.57. The fourth-order valence-corrected chi connectivity index (χ4v) is 2.35. The Labute approximate surface area is 138 Å². The maximum atomic E-state index is 13.2. The number of nitrogens with zero attached hydrogens (tertiary/aromatic N) is 1. The molecule has 3 rings (SSSR count). The van der Waals surface area contributed by atoms with Gasteiger partial charge in [0.25, 0.3) is 0 Å². The summed E-state index contributed by atoms with van der Waals surface area (Å²) in [5.41, 5.74) is 1.63. The van der Waals surface area contributed by atoms with E-state index in [1.165, 1.54) is 24.3 Å². The van der Waals surface area contributed by atoms with Crippen molar-refractivity contribution in [2.24, 2.45) is 0 Å². The number of aliphatic hydroxyl groups is 1. The largest absolute Gasteiger partial charge is 0.397 e. The molecule has 120 valence electrons. The first-order valence-corrected chi connectivity index (χ1v) is 7.39. The van der Waals surface area contributed by atoms with Gasteiger partial charge in [0.05, 0.1) is 5.69 Å². The normalized spacial score (nSPS) is 12.0. The first kappa shape index (κ1) is 16.3. The molecule has 1 heterocycles. The summed E-state index contributed by atoms with van der Waals surface area (Å²) in [6.07, 6.45) is 0.276. The van der Waals surface area contributed by atoms with E-state index in [2.05, 4.69) is 4.98 Å². The van der Waals surface area contributed by atoms with Gasteiger partial charge in [0.15, 0.2) is 6.29 Å². The van der Waals surface area contributed by atoms with Crippen LogP contribution < -0.4 is 10.9 Å². The molecule has 0 amide bonds. The monoisotopic (exact) mass is 325 g/mol. The summed E-state index contributed by atoms with van der Waals surface area (Å²) in [5.74, 6) is -0.747. The van der Waals surface area contributed by atoms with Crippen molar-refractivity contribution < 1.29 is 18.5 Å². The fourth-order valence-electron chi connectivity index (χ4n) is 2.35. The molecule has 6 heteroatoms. The van der Waals surface area contributed by atoms with E-state index in [0.29, 0.717) is 16.6 Å². The van der Waals surface area contributed by atoms with Crippen LogP contribution in [0.1, 0.15) is 12.0 Å². The smallest absolute Gasteiger partial charge is 0.364 e. The van der Waals surface area contributed by atoms with Crippen LogP contribution in [0.2, 0.25) is 0 Å². The van der Waals surface area contributed by atoms with Gasteiger partial charge in [-0.1, -0.05) is 30.3 Å². The highest BCUT2D eigenvalue weighted by Gasteiger charge is 2.26. The Morgan fingerprint density at radius 1 is 0.833 bits per heavy atom. The highest BCUT2D eigenvalue weighted by molar-refractivity contribution is 6.80. The molecule has 0 aliphatic rings. The Kier molecular flexibility index (Phi) is 4.98. The molecule has 0 radical (unpaired) electrons. The average Bonchev–Trinajstić information content (AvgIpc) is 2.62. The summed E-state index contributed by atoms with van der Waals surface area (Å²) in [6, 6.07) is 16.6. The number of rotatable bonds is 5. The number of hydrogen-bond donors (Lipinski definition) is 1. The van der Waals surface area contributed by atoms with E-state index in [1.54, 1.807) is 48.7 Å². The zero-order chi connectivity index (χ0) is 16.9. The third kappa shape index (κ3) is 3.85. The van der Waals surface area contributed by atoms with E-state index in [0.717, 1.165) is 0 Å². The standard InChI is InChI=1S/C18H14BF2NO2/c20-15-8-4-13(5-9-15)19(14-6-10-16(21)11-7-14)24-18(23)17-3-1-2-12-22-17/h1-12,18,23H. The SMILES string of the molecule is OC(OB(c1ccc(F)cc1)c1ccc(F)cc1)c1ccccn1. The molecule has 1 aromatic heterocycles. The molecule has 0 bridgehead atoms. The quantitative estimate of drug-likeness (QED) is 0.577. The van der Waals surface area contributed by atoms with Crippen LogP contribution in [0, 0.1) is 11.6 Å². The molecule has 1 unspecified atom stereocenters. The molecular weight excluding hydrogens is 311 g/mol. The van der Waals surface area contributed by atoms with Crippen molar-refractivity contribution in [3.63, 3.8) is 0 Å². The molecule has 0 spiro atoms. The van der Waals surface area contributed by atoms with Gasteiger partial charge < -0.3 is 9.76 Å². The second-order valence-electron chi connectivity index (χ2n) is 5.23. The van der Waals surface area contributed by atoms with Gasteiger partial charge in [-0.15, -0.1) is 0 Å². The lowest BCUT2D eigenvalue weighted by atomic mass is 9.55. The summed E-state index contributed by atoms with van der Waals surface area (Å²) in [4.78, 5) is 4.05. The van der Waals surface area contributed by atoms with Crippen LogP contribution in [0.25, 0.3) is 0 Å². The summed E-state index contributed by atoms with van der Waals surface area (Å²) in [6.45, 7) is -0.691. The van der Waals surface area contributed by atoms with E-state index >= 15 is 0 Å². The maximum Gasteiger partial charge on any atom is 0.364 e. The summed E-state index contributed by atoms with van der Waals surface area (Å²) < 4.78 is 32.1. The van der Waals surface area contributed by atoms with Crippen molar-refractivity contribution in [2.75, 3.05) is 0 Å². The lowest BCUT2D eigenvalue weighted by Crippen LogP contribution is -2.45. The van der Waals surface area contributed by atoms with Crippen molar-refractivity contribution in [2.45, 2.75) is 6.29 Å². The minimum absolute atomic E-state index is 0.353. The second kappa shape index (κ2) is 7.34. The zero-order valence-corrected chi connectivity index (χ0v) is 12.6. The van der Waals surface area contributed by atoms with E-state index in [-0.39, 0.29) is 11.6 Å². The Bertz CT molecular complexity index is 737. The van der Waals surface area contributed by atoms with Crippen molar-refractivity contribution in [3.8, 4) is 0 Å². The van der Waals surface area contributed by atoms with Crippen LogP contribution in [0.15, 0.2) is 72.9 Å². The van der Waals surface area contributed by atoms with E-state index in [4.69, 9.17) is 4.65 Å². The van der Waals surface area contributed by atoms with Gasteiger partial charge in [0.1, 0.15) is 11.6 Å². The molecule has 0 fully saturated rings. The molecule has 2 aromatic carbocycles. The maximum absolute atomic E-state index is 13.2. The van der Waals surface area contributed by atoms with Gasteiger partial charge in [0.2, 0.25) is 0 Å². The predicted octanol–water partition coefficient (Wildman–Crippen LogP) is 2.17. The van der Waals surface area contributed by atoms with Gasteiger partial charge in [0, 0.05) is 6.20 Å². The molecule has 1 N–H and O–H groups in total. The van der Waals surface area contributed by atoms with Crippen LogP contribution in [-0.2, 0) is 4.65 Å². The molecule has 0 saturated heterocycles. The van der Waals surface area contributed by atoms with Crippen molar-refractivity contribution in [3.05, 3.63) is 90.3 Å². The van der Waals surface area contributed by atoms with Gasteiger partial charge in [-0.05, 0) is 47.3 Å². The summed E-state index contributed by atoms with van der Waals surface area (Å²) in [5, 5.41) is 10.3. The number of aromatic nitrogens is 1. The molecule has 0 aliphatic carbocycles. The first-order valence-electron chi connectivity index (χ1n) is 7.39. The zero-order valence-electron chi connectivity index (χ0n) is 12.6. The third-order valence-corrected chi connectivity index (χ3v) is 3.55. The van der Waals surface area contributed by atoms with Gasteiger partial charge >= 0.3 is 6.92 Å². The molecule has 0 saturated carbocycles. The van der Waals surface area contributed by atoms with Crippen LogP contribution in [-0.4, -0.2) is 17.0 Å². The Balaban J connectivity index is 1.92. The summed E-state index contributed by atoms with van der Waals surface area (Å²) >= 11 is 0. The van der Waals surface area contributed by atoms with Crippen LogP contribution >= 0.6 is 0 Å². The number of benzene rings is 2. The topological polar surface area (TPSA) is 42.4 Å². The van der Waals surface area contributed by atoms with Crippen LogP contribution in [0.4, 0.5) is 8.78 Å². The third-order valence-electron chi connectivity index (χ3n) is 3.55. The van der Waals surface area contributed by atoms with Gasteiger partial charge in [-0.2, -0.15) is 0 Å². The molecule has 24 heavy (non-hydrogen) atoms. The lowest BCUT2D eigenvalue weighted by molar-refractivity contribution is -0.0224. The predicted molar refractivity (Wildman–Crippen MR) is 88.1 cm³/mol. The number of pyridine rings is 1. The number of halogens is 2. The molecular formula is C18H14BF2NO2. The van der Waals surface area contributed by atoms with Gasteiger partial charge in [-0.3, -0.25) is 4.98 Å². The highest BCUT2D eigenvalue weighted by Crippen LogP contribution is 2.12. The molecule has 3 aromatic rings. The Morgan fingerprint density at radius 2 is 1.38 bits per heavy atom. The minimum Gasteiger partial charge on any atom is -0.397 e. The van der Waals surface area contributed by atoms with Crippen molar-refractivity contribution in [1.82, 2.24) is 4.98 Å². The van der Waals surface area contributed by atoms with E-state index in [9.17, 15) is 13.9 Å². The van der Waals surface area contributed by atoms with Gasteiger partial charge in [-0.25, -0.2) is 8.78 Å². The highest BCUT2D eigenvalue weighted by atomic mass is 19.1. The molecule has 1 atom stereocenters. The van der Waals surface area contributed by atoms with E-state index < -0.39 is 13.2 Å². The Morgan fingerprint density at radius 3 is 1.83 bits per heavy atom. The first-order chi connectivity index (χ1) is 11.6.